The molecule has 1 rings (SSSR count). The Hall–Kier alpha value is -1.40. The topological polar surface area (TPSA) is 86.6 Å². The number of aryl methyl sites for hydroxylation is 1. The predicted molar refractivity (Wildman–Crippen MR) is 69.5 cm³/mol. The minimum Gasteiger partial charge on any atom is -0.479 e. The first-order valence-corrected chi connectivity index (χ1v) is 6.03. The molecule has 0 radical (unpaired) electrons. The van der Waals surface area contributed by atoms with E-state index in [9.17, 15) is 14.7 Å². The lowest BCUT2D eigenvalue weighted by Crippen LogP contribution is -2.46. The second-order valence-corrected chi connectivity index (χ2v) is 5.08. The van der Waals surface area contributed by atoms with Crippen molar-refractivity contribution in [2.75, 3.05) is 6.54 Å². The summed E-state index contributed by atoms with van der Waals surface area (Å²) < 4.78 is 0.792. The minimum absolute atomic E-state index is 0.355. The number of amides is 1. The first-order chi connectivity index (χ1) is 8.24. The molecular formula is C12H14BrNO4. The summed E-state index contributed by atoms with van der Waals surface area (Å²) in [6, 6.07) is 5.04. The standard InChI is InChI=1S/C12H14BrNO4/c1-7-3-4-8(5-9(7)13)10(15)14-6-12(2,18)11(16)17/h3-5,18H,6H2,1-2H3,(H,14,15)(H,16,17). The van der Waals surface area contributed by atoms with E-state index in [1.54, 1.807) is 18.2 Å². The van der Waals surface area contributed by atoms with Crippen LogP contribution in [0.1, 0.15) is 22.8 Å². The molecule has 1 atom stereocenters. The number of carbonyl (C=O) groups excluding carboxylic acids is 1. The number of carbonyl (C=O) groups is 2. The zero-order valence-corrected chi connectivity index (χ0v) is 11.6. The summed E-state index contributed by atoms with van der Waals surface area (Å²) in [6.07, 6.45) is 0. The lowest BCUT2D eigenvalue weighted by atomic mass is 10.1. The number of benzene rings is 1. The number of carboxylic acid groups (broad SMARTS) is 1. The molecule has 98 valence electrons. The quantitative estimate of drug-likeness (QED) is 0.782. The summed E-state index contributed by atoms with van der Waals surface area (Å²) in [4.78, 5) is 22.4. The molecule has 0 aliphatic rings. The second-order valence-electron chi connectivity index (χ2n) is 4.23. The molecule has 1 aromatic carbocycles. The highest BCUT2D eigenvalue weighted by Gasteiger charge is 2.30. The van der Waals surface area contributed by atoms with Crippen molar-refractivity contribution < 1.29 is 19.8 Å². The first-order valence-electron chi connectivity index (χ1n) is 5.24. The van der Waals surface area contributed by atoms with Crippen LogP contribution < -0.4 is 5.32 Å². The average molecular weight is 316 g/mol. The Kier molecular flexibility index (Phi) is 4.48. The maximum atomic E-state index is 11.7. The molecule has 0 bridgehead atoms. The smallest absolute Gasteiger partial charge is 0.337 e. The van der Waals surface area contributed by atoms with Gasteiger partial charge in [0.2, 0.25) is 0 Å². The largest absolute Gasteiger partial charge is 0.479 e. The van der Waals surface area contributed by atoms with Gasteiger partial charge in [0.15, 0.2) is 5.60 Å². The van der Waals surface area contributed by atoms with Gasteiger partial charge in [0.25, 0.3) is 5.91 Å². The highest BCUT2D eigenvalue weighted by atomic mass is 79.9. The second kappa shape index (κ2) is 5.49. The van der Waals surface area contributed by atoms with Crippen molar-refractivity contribution in [1.82, 2.24) is 5.32 Å². The van der Waals surface area contributed by atoms with Gasteiger partial charge in [-0.05, 0) is 31.5 Å². The third kappa shape index (κ3) is 3.54. The Morgan fingerprint density at radius 1 is 1.44 bits per heavy atom. The molecule has 1 aromatic rings. The fourth-order valence-electron chi connectivity index (χ4n) is 1.16. The van der Waals surface area contributed by atoms with Gasteiger partial charge in [-0.15, -0.1) is 0 Å². The molecule has 0 heterocycles. The molecule has 18 heavy (non-hydrogen) atoms. The van der Waals surface area contributed by atoms with Gasteiger partial charge in [-0.3, -0.25) is 4.79 Å². The van der Waals surface area contributed by atoms with Crippen LogP contribution in [0.15, 0.2) is 22.7 Å². The maximum Gasteiger partial charge on any atom is 0.337 e. The van der Waals surface area contributed by atoms with Crippen LogP contribution in [-0.2, 0) is 4.79 Å². The van der Waals surface area contributed by atoms with Crippen molar-refractivity contribution in [2.45, 2.75) is 19.4 Å². The van der Waals surface area contributed by atoms with E-state index < -0.39 is 17.5 Å². The average Bonchev–Trinajstić information content (AvgIpc) is 2.29. The Morgan fingerprint density at radius 3 is 2.56 bits per heavy atom. The van der Waals surface area contributed by atoms with E-state index in [0.717, 1.165) is 17.0 Å². The number of hydrogen-bond donors (Lipinski definition) is 3. The van der Waals surface area contributed by atoms with Crippen molar-refractivity contribution in [1.29, 1.82) is 0 Å². The van der Waals surface area contributed by atoms with Gasteiger partial charge < -0.3 is 15.5 Å². The highest BCUT2D eigenvalue weighted by molar-refractivity contribution is 9.10. The van der Waals surface area contributed by atoms with Gasteiger partial charge in [-0.1, -0.05) is 22.0 Å². The van der Waals surface area contributed by atoms with Crippen LogP contribution in [-0.4, -0.2) is 34.2 Å². The fourth-order valence-corrected chi connectivity index (χ4v) is 1.54. The third-order valence-corrected chi connectivity index (χ3v) is 3.34. The van der Waals surface area contributed by atoms with Crippen LogP contribution in [0.2, 0.25) is 0 Å². The van der Waals surface area contributed by atoms with Gasteiger partial charge in [0.05, 0.1) is 6.54 Å². The maximum absolute atomic E-state index is 11.7. The molecule has 0 saturated carbocycles. The zero-order valence-electron chi connectivity index (χ0n) is 10.0. The van der Waals surface area contributed by atoms with Crippen molar-refractivity contribution >= 4 is 27.8 Å². The molecule has 0 aliphatic heterocycles. The number of carboxylic acids is 1. The number of aliphatic hydroxyl groups is 1. The first kappa shape index (κ1) is 14.7. The number of hydrogen-bond acceptors (Lipinski definition) is 3. The summed E-state index contributed by atoms with van der Waals surface area (Å²) in [5.74, 6) is -1.81. The summed E-state index contributed by atoms with van der Waals surface area (Å²) in [7, 11) is 0. The predicted octanol–water partition coefficient (Wildman–Crippen LogP) is 1.32. The van der Waals surface area contributed by atoms with Crippen LogP contribution in [0, 0.1) is 6.92 Å². The molecular weight excluding hydrogens is 302 g/mol. The summed E-state index contributed by atoms with van der Waals surface area (Å²) >= 11 is 3.30. The Morgan fingerprint density at radius 2 is 2.06 bits per heavy atom. The highest BCUT2D eigenvalue weighted by Crippen LogP contribution is 2.17. The Bertz CT molecular complexity index is 485. The molecule has 6 heteroatoms. The SMILES string of the molecule is Cc1ccc(C(=O)NCC(C)(O)C(=O)O)cc1Br. The Labute approximate surface area is 113 Å². The molecule has 5 nitrogen and oxygen atoms in total. The molecule has 0 aliphatic carbocycles. The van der Waals surface area contributed by atoms with Crippen LogP contribution >= 0.6 is 15.9 Å². The van der Waals surface area contributed by atoms with Crippen molar-refractivity contribution in [3.05, 3.63) is 33.8 Å². The van der Waals surface area contributed by atoms with E-state index in [2.05, 4.69) is 21.2 Å². The number of nitrogens with one attached hydrogen (secondary N) is 1. The normalized spacial score (nSPS) is 13.8. The molecule has 1 amide bonds. The van der Waals surface area contributed by atoms with E-state index in [1.165, 1.54) is 0 Å². The van der Waals surface area contributed by atoms with Gasteiger partial charge in [-0.2, -0.15) is 0 Å². The van der Waals surface area contributed by atoms with Crippen LogP contribution in [0.5, 0.6) is 0 Å². The third-order valence-electron chi connectivity index (χ3n) is 2.49. The van der Waals surface area contributed by atoms with E-state index in [1.807, 2.05) is 6.92 Å². The van der Waals surface area contributed by atoms with E-state index in [0.29, 0.717) is 5.56 Å². The van der Waals surface area contributed by atoms with Crippen LogP contribution in [0.25, 0.3) is 0 Å². The van der Waals surface area contributed by atoms with Crippen molar-refractivity contribution in [3.63, 3.8) is 0 Å². The minimum atomic E-state index is -1.97. The Balaban J connectivity index is 2.72. The van der Waals surface area contributed by atoms with E-state index >= 15 is 0 Å². The van der Waals surface area contributed by atoms with Gasteiger partial charge in [-0.25, -0.2) is 4.79 Å². The molecule has 0 aromatic heterocycles. The molecule has 1 unspecified atom stereocenters. The number of aliphatic carboxylic acids is 1. The molecule has 0 saturated heterocycles. The van der Waals surface area contributed by atoms with E-state index in [4.69, 9.17) is 5.11 Å². The van der Waals surface area contributed by atoms with E-state index in [-0.39, 0.29) is 6.54 Å². The summed E-state index contributed by atoms with van der Waals surface area (Å²) in [5, 5.41) is 20.5. The van der Waals surface area contributed by atoms with Gasteiger partial charge >= 0.3 is 5.97 Å². The molecule has 0 spiro atoms. The van der Waals surface area contributed by atoms with Crippen molar-refractivity contribution in [2.24, 2.45) is 0 Å². The van der Waals surface area contributed by atoms with Crippen LogP contribution in [0.4, 0.5) is 0 Å². The van der Waals surface area contributed by atoms with Crippen LogP contribution in [0.3, 0.4) is 0 Å². The number of halogens is 1. The number of rotatable bonds is 4. The van der Waals surface area contributed by atoms with Gasteiger partial charge in [0, 0.05) is 10.0 Å². The summed E-state index contributed by atoms with van der Waals surface area (Å²) in [6.45, 7) is 2.66. The zero-order chi connectivity index (χ0) is 13.9. The lowest BCUT2D eigenvalue weighted by Gasteiger charge is -2.18. The molecule has 3 N–H and O–H groups in total. The molecule has 0 fully saturated rings. The summed E-state index contributed by atoms with van der Waals surface area (Å²) in [5.41, 5.74) is -0.588. The van der Waals surface area contributed by atoms with Crippen molar-refractivity contribution in [3.8, 4) is 0 Å². The van der Waals surface area contributed by atoms with Gasteiger partial charge in [0.1, 0.15) is 0 Å². The fraction of sp³-hybridized carbons (Fsp3) is 0.333. The monoisotopic (exact) mass is 315 g/mol. The lowest BCUT2D eigenvalue weighted by molar-refractivity contribution is -0.155.